The molecule has 0 heterocycles. The Hall–Kier alpha value is -0.600. The van der Waals surface area contributed by atoms with E-state index in [1.807, 2.05) is 0 Å². The fraction of sp³-hybridized carbons (Fsp3) is 0.636. The lowest BCUT2D eigenvalue weighted by Crippen LogP contribution is -2.29. The molecule has 0 aromatic heterocycles. The van der Waals surface area contributed by atoms with Gasteiger partial charge in [-0.2, -0.15) is 0 Å². The lowest BCUT2D eigenvalue weighted by Gasteiger charge is -2.26. The van der Waals surface area contributed by atoms with Crippen LogP contribution in [0, 0.1) is 0 Å². The quantitative estimate of drug-likeness (QED) is 0.567. The molecule has 2 heteroatoms. The third-order valence-electron chi connectivity index (χ3n) is 2.20. The second kappa shape index (κ2) is 6.87. The lowest BCUT2D eigenvalue weighted by molar-refractivity contribution is 0.00190. The second-order valence-electron chi connectivity index (χ2n) is 3.35. The van der Waals surface area contributed by atoms with Crippen molar-refractivity contribution in [2.24, 2.45) is 0 Å². The van der Waals surface area contributed by atoms with E-state index >= 15 is 0 Å². The smallest absolute Gasteiger partial charge is 0.0675 e. The molecule has 0 atom stereocenters. The van der Waals surface area contributed by atoms with E-state index in [4.69, 9.17) is 5.11 Å². The molecule has 76 valence electrons. The van der Waals surface area contributed by atoms with Gasteiger partial charge in [-0.3, -0.25) is 0 Å². The van der Waals surface area contributed by atoms with Gasteiger partial charge < -0.3 is 10.2 Å². The number of aliphatic hydroxyl groups is 2. The molecule has 0 aromatic rings. The van der Waals surface area contributed by atoms with Gasteiger partial charge in [0.1, 0.15) is 0 Å². The zero-order valence-electron chi connectivity index (χ0n) is 8.21. The molecule has 13 heavy (non-hydrogen) atoms. The van der Waals surface area contributed by atoms with Gasteiger partial charge in [0.15, 0.2) is 0 Å². The Kier molecular flexibility index (Phi) is 6.55. The van der Waals surface area contributed by atoms with Crippen molar-refractivity contribution in [3.63, 3.8) is 0 Å². The lowest BCUT2D eigenvalue weighted by atomic mass is 9.89. The predicted octanol–water partition coefficient (Wildman–Crippen LogP) is 2.03. The van der Waals surface area contributed by atoms with Crippen LogP contribution in [0.5, 0.6) is 0 Å². The fourth-order valence-corrected chi connectivity index (χ4v) is 1.32. The molecule has 0 aliphatic heterocycles. The summed E-state index contributed by atoms with van der Waals surface area (Å²) in [5, 5.41) is 18.8. The highest BCUT2D eigenvalue weighted by molar-refractivity contribution is 4.84. The minimum atomic E-state index is -0.739. The first-order chi connectivity index (χ1) is 6.18. The summed E-state index contributed by atoms with van der Waals surface area (Å²) in [6, 6.07) is 0. The van der Waals surface area contributed by atoms with Crippen molar-refractivity contribution < 1.29 is 10.2 Å². The van der Waals surface area contributed by atoms with Crippen LogP contribution in [-0.2, 0) is 0 Å². The Balaban J connectivity index is 3.97. The van der Waals surface area contributed by atoms with Crippen molar-refractivity contribution in [1.29, 1.82) is 0 Å². The van der Waals surface area contributed by atoms with E-state index in [-0.39, 0.29) is 6.61 Å². The number of rotatable bonds is 8. The summed E-state index contributed by atoms with van der Waals surface area (Å²) in [4.78, 5) is 0. The zero-order valence-corrected chi connectivity index (χ0v) is 8.21. The van der Waals surface area contributed by atoms with Gasteiger partial charge in [0.25, 0.3) is 0 Å². The molecule has 0 aromatic carbocycles. The molecule has 2 N–H and O–H groups in total. The van der Waals surface area contributed by atoms with Gasteiger partial charge in [0.05, 0.1) is 5.60 Å². The van der Waals surface area contributed by atoms with Gasteiger partial charge >= 0.3 is 0 Å². The highest BCUT2D eigenvalue weighted by Crippen LogP contribution is 2.23. The van der Waals surface area contributed by atoms with E-state index in [1.54, 1.807) is 12.2 Å². The van der Waals surface area contributed by atoms with Crippen LogP contribution in [0.3, 0.4) is 0 Å². The van der Waals surface area contributed by atoms with Crippen molar-refractivity contribution in [2.75, 3.05) is 6.61 Å². The maximum atomic E-state index is 10.0. The topological polar surface area (TPSA) is 40.5 Å². The predicted molar refractivity (Wildman–Crippen MR) is 55.5 cm³/mol. The van der Waals surface area contributed by atoms with E-state index in [2.05, 4.69) is 13.2 Å². The minimum Gasteiger partial charge on any atom is -0.396 e. The average Bonchev–Trinajstić information content (AvgIpc) is 2.12. The van der Waals surface area contributed by atoms with E-state index in [0.29, 0.717) is 19.3 Å². The summed E-state index contributed by atoms with van der Waals surface area (Å²) >= 11 is 0. The summed E-state index contributed by atoms with van der Waals surface area (Å²) in [6.45, 7) is 7.25. The van der Waals surface area contributed by atoms with Crippen molar-refractivity contribution in [2.45, 2.75) is 37.7 Å². The Bertz CT molecular complexity index is 140. The van der Waals surface area contributed by atoms with Gasteiger partial charge in [-0.25, -0.2) is 0 Å². The van der Waals surface area contributed by atoms with Gasteiger partial charge in [0, 0.05) is 6.61 Å². The third kappa shape index (κ3) is 5.61. The van der Waals surface area contributed by atoms with E-state index in [0.717, 1.165) is 12.8 Å². The first kappa shape index (κ1) is 12.4. The molecule has 0 saturated heterocycles. The maximum Gasteiger partial charge on any atom is 0.0675 e. The highest BCUT2D eigenvalue weighted by Gasteiger charge is 2.23. The molecule has 2 nitrogen and oxygen atoms in total. The normalized spacial score (nSPS) is 11.2. The molecule has 0 aliphatic rings. The van der Waals surface area contributed by atoms with Crippen molar-refractivity contribution >= 4 is 0 Å². The van der Waals surface area contributed by atoms with Crippen LogP contribution in [0.25, 0.3) is 0 Å². The number of hydrogen-bond acceptors (Lipinski definition) is 2. The Morgan fingerprint density at radius 3 is 1.77 bits per heavy atom. The maximum absolute atomic E-state index is 10.0. The van der Waals surface area contributed by atoms with Gasteiger partial charge in [-0.1, -0.05) is 12.2 Å². The number of allylic oxidation sites excluding steroid dienone is 2. The van der Waals surface area contributed by atoms with Crippen LogP contribution < -0.4 is 0 Å². The molecule has 0 saturated carbocycles. The summed E-state index contributed by atoms with van der Waals surface area (Å²) in [5.74, 6) is 0. The average molecular weight is 184 g/mol. The van der Waals surface area contributed by atoms with Gasteiger partial charge in [0.2, 0.25) is 0 Å². The third-order valence-corrected chi connectivity index (χ3v) is 2.20. The molecule has 0 fully saturated rings. The van der Waals surface area contributed by atoms with Crippen LogP contribution in [0.1, 0.15) is 32.1 Å². The number of hydrogen-bond donors (Lipinski definition) is 2. The van der Waals surface area contributed by atoms with Crippen LogP contribution in [0.15, 0.2) is 25.3 Å². The summed E-state index contributed by atoms with van der Waals surface area (Å²) in [5.41, 5.74) is -0.739. The Morgan fingerprint density at radius 2 is 1.46 bits per heavy atom. The Morgan fingerprint density at radius 1 is 1.00 bits per heavy atom. The van der Waals surface area contributed by atoms with E-state index in [9.17, 15) is 5.11 Å². The van der Waals surface area contributed by atoms with E-state index < -0.39 is 5.60 Å². The first-order valence-electron chi connectivity index (χ1n) is 4.73. The highest BCUT2D eigenvalue weighted by atomic mass is 16.3. The van der Waals surface area contributed by atoms with Crippen molar-refractivity contribution in [3.8, 4) is 0 Å². The van der Waals surface area contributed by atoms with E-state index in [1.165, 1.54) is 0 Å². The summed E-state index contributed by atoms with van der Waals surface area (Å²) in [7, 11) is 0. The zero-order chi connectivity index (χ0) is 10.2. The molecule has 0 amide bonds. The SMILES string of the molecule is C=CCCC(O)(CCO)CCC=C. The standard InChI is InChI=1S/C11H20O2/c1-3-5-7-11(13,9-10-12)8-6-4-2/h3-4,12-13H,1-2,5-10H2. The number of aliphatic hydroxyl groups excluding tert-OH is 1. The second-order valence-corrected chi connectivity index (χ2v) is 3.35. The molecule has 0 rings (SSSR count). The summed E-state index contributed by atoms with van der Waals surface area (Å²) in [6.07, 6.45) is 6.93. The van der Waals surface area contributed by atoms with Crippen LogP contribution >= 0.6 is 0 Å². The molecule has 0 spiro atoms. The fourth-order valence-electron chi connectivity index (χ4n) is 1.32. The molecular formula is C11H20O2. The molecular weight excluding hydrogens is 164 g/mol. The Labute approximate surface area is 80.6 Å². The minimum absolute atomic E-state index is 0.0325. The van der Waals surface area contributed by atoms with Gasteiger partial charge in [-0.05, 0) is 32.1 Å². The molecule has 0 radical (unpaired) electrons. The molecule has 0 unspecified atom stereocenters. The monoisotopic (exact) mass is 184 g/mol. The van der Waals surface area contributed by atoms with Crippen molar-refractivity contribution in [1.82, 2.24) is 0 Å². The largest absolute Gasteiger partial charge is 0.396 e. The van der Waals surface area contributed by atoms with Gasteiger partial charge in [-0.15, -0.1) is 13.2 Å². The summed E-state index contributed by atoms with van der Waals surface area (Å²) < 4.78 is 0. The molecule has 0 aliphatic carbocycles. The van der Waals surface area contributed by atoms with Crippen molar-refractivity contribution in [3.05, 3.63) is 25.3 Å². The van der Waals surface area contributed by atoms with Crippen LogP contribution in [0.4, 0.5) is 0 Å². The first-order valence-corrected chi connectivity index (χ1v) is 4.73. The molecule has 0 bridgehead atoms. The van der Waals surface area contributed by atoms with Crippen LogP contribution in [-0.4, -0.2) is 22.4 Å². The van der Waals surface area contributed by atoms with Crippen LogP contribution in [0.2, 0.25) is 0 Å².